The smallest absolute Gasteiger partial charge is 0.233 e. The average molecular weight is 285 g/mol. The second-order valence-electron chi connectivity index (χ2n) is 3.96. The number of nitrogens with two attached hydrogens (primary N) is 1. The van der Waals surface area contributed by atoms with E-state index in [2.05, 4.69) is 20.2 Å². The first-order valence-corrected chi connectivity index (χ1v) is 6.75. The Labute approximate surface area is 119 Å². The molecular formula is C13H11N5OS. The molecule has 0 saturated heterocycles. The molecule has 2 N–H and O–H groups in total. The van der Waals surface area contributed by atoms with E-state index in [-0.39, 0.29) is 5.95 Å². The van der Waals surface area contributed by atoms with Crippen LogP contribution in [0.4, 0.5) is 5.95 Å². The lowest BCUT2D eigenvalue weighted by Crippen LogP contribution is -2.00. The topological polar surface area (TPSA) is 86.8 Å². The molecule has 0 radical (unpaired) electrons. The summed E-state index contributed by atoms with van der Waals surface area (Å²) in [4.78, 5) is 8.35. The molecule has 3 aromatic rings. The second-order valence-corrected chi connectivity index (χ2v) is 4.74. The number of hydrogen-bond donors (Lipinski definition) is 1. The molecule has 0 aliphatic heterocycles. The van der Waals surface area contributed by atoms with Crippen molar-refractivity contribution < 1.29 is 4.74 Å². The van der Waals surface area contributed by atoms with Crippen molar-refractivity contribution in [1.82, 2.24) is 20.2 Å². The molecule has 0 saturated carbocycles. The Morgan fingerprint density at radius 1 is 1.20 bits per heavy atom. The van der Waals surface area contributed by atoms with Gasteiger partial charge in [0.05, 0.1) is 18.5 Å². The van der Waals surface area contributed by atoms with E-state index in [1.54, 1.807) is 30.7 Å². The Kier molecular flexibility index (Phi) is 3.26. The molecule has 3 rings (SSSR count). The number of ether oxygens (including phenoxy) is 1. The number of rotatable bonds is 3. The Balaban J connectivity index is 2.13. The molecule has 0 bridgehead atoms. The molecule has 0 aromatic carbocycles. The lowest BCUT2D eigenvalue weighted by Gasteiger charge is -2.07. The fraction of sp³-hybridized carbons (Fsp3) is 0.0769. The number of thiophene rings is 1. The van der Waals surface area contributed by atoms with Crippen LogP contribution in [0.25, 0.3) is 22.5 Å². The van der Waals surface area contributed by atoms with Crippen LogP contribution in [0.2, 0.25) is 0 Å². The van der Waals surface area contributed by atoms with E-state index >= 15 is 0 Å². The Hall–Kier alpha value is -2.54. The highest BCUT2D eigenvalue weighted by molar-refractivity contribution is 7.08. The van der Waals surface area contributed by atoms with Crippen LogP contribution in [0.15, 0.2) is 35.2 Å². The third kappa shape index (κ3) is 2.30. The molecule has 100 valence electrons. The molecular weight excluding hydrogens is 274 g/mol. The molecule has 20 heavy (non-hydrogen) atoms. The van der Waals surface area contributed by atoms with Crippen LogP contribution in [0, 0.1) is 0 Å². The summed E-state index contributed by atoms with van der Waals surface area (Å²) in [5.74, 6) is 0.693. The van der Waals surface area contributed by atoms with Crippen LogP contribution in [0.3, 0.4) is 0 Å². The van der Waals surface area contributed by atoms with E-state index in [0.29, 0.717) is 11.6 Å². The second kappa shape index (κ2) is 5.22. The molecule has 3 heterocycles. The highest BCUT2D eigenvalue weighted by Gasteiger charge is 2.12. The summed E-state index contributed by atoms with van der Waals surface area (Å²) in [6.45, 7) is 0. The van der Waals surface area contributed by atoms with Gasteiger partial charge in [0.2, 0.25) is 11.8 Å². The first kappa shape index (κ1) is 12.5. The van der Waals surface area contributed by atoms with Gasteiger partial charge in [-0.15, -0.1) is 10.2 Å². The van der Waals surface area contributed by atoms with Gasteiger partial charge in [0.1, 0.15) is 0 Å². The Morgan fingerprint density at radius 2 is 2.10 bits per heavy atom. The van der Waals surface area contributed by atoms with Crippen molar-refractivity contribution in [1.29, 1.82) is 0 Å². The number of anilines is 1. The van der Waals surface area contributed by atoms with Gasteiger partial charge in [-0.1, -0.05) is 0 Å². The maximum Gasteiger partial charge on any atom is 0.233 e. The number of aromatic nitrogens is 4. The molecule has 0 aliphatic carbocycles. The summed E-state index contributed by atoms with van der Waals surface area (Å²) < 4.78 is 5.00. The van der Waals surface area contributed by atoms with Crippen LogP contribution in [0.5, 0.6) is 5.88 Å². The SMILES string of the molecule is COc1ccc(-c2cnc(N)nc2-c2ccsc2)nn1. The quantitative estimate of drug-likeness (QED) is 0.794. The highest BCUT2D eigenvalue weighted by Crippen LogP contribution is 2.30. The molecule has 0 fully saturated rings. The zero-order valence-electron chi connectivity index (χ0n) is 10.6. The van der Waals surface area contributed by atoms with Gasteiger partial charge in [0.15, 0.2) is 0 Å². The van der Waals surface area contributed by atoms with Gasteiger partial charge in [-0.05, 0) is 17.5 Å². The predicted octanol–water partition coefficient (Wildman–Crippen LogP) is 2.25. The van der Waals surface area contributed by atoms with E-state index in [9.17, 15) is 0 Å². The molecule has 6 nitrogen and oxygen atoms in total. The lowest BCUT2D eigenvalue weighted by molar-refractivity contribution is 0.392. The fourth-order valence-corrected chi connectivity index (χ4v) is 2.42. The molecule has 0 aliphatic rings. The predicted molar refractivity (Wildman–Crippen MR) is 77.3 cm³/mol. The van der Waals surface area contributed by atoms with Crippen molar-refractivity contribution in [2.24, 2.45) is 0 Å². The van der Waals surface area contributed by atoms with Gasteiger partial charge in [-0.2, -0.15) is 11.3 Å². The van der Waals surface area contributed by atoms with Crippen LogP contribution in [-0.2, 0) is 0 Å². The molecule has 3 aromatic heterocycles. The van der Waals surface area contributed by atoms with Crippen molar-refractivity contribution >= 4 is 17.3 Å². The molecule has 0 spiro atoms. The van der Waals surface area contributed by atoms with Crippen molar-refractivity contribution in [3.8, 4) is 28.4 Å². The van der Waals surface area contributed by atoms with Crippen molar-refractivity contribution in [3.63, 3.8) is 0 Å². The van der Waals surface area contributed by atoms with Crippen molar-refractivity contribution in [2.45, 2.75) is 0 Å². The normalized spacial score (nSPS) is 10.4. The molecule has 0 atom stereocenters. The van der Waals surface area contributed by atoms with E-state index in [0.717, 1.165) is 16.8 Å². The number of hydrogen-bond acceptors (Lipinski definition) is 7. The number of nitrogens with zero attached hydrogens (tertiary/aromatic N) is 4. The molecule has 0 unspecified atom stereocenters. The standard InChI is InChI=1S/C13H11N5OS/c1-19-11-3-2-10(17-18-11)9-6-15-13(14)16-12(9)8-4-5-20-7-8/h2-7H,1H3,(H2,14,15,16). The third-order valence-corrected chi connectivity index (χ3v) is 3.41. The zero-order valence-corrected chi connectivity index (χ0v) is 11.5. The van der Waals surface area contributed by atoms with Crippen LogP contribution < -0.4 is 10.5 Å². The van der Waals surface area contributed by atoms with Gasteiger partial charge in [-0.25, -0.2) is 9.97 Å². The maximum atomic E-state index is 5.68. The van der Waals surface area contributed by atoms with Crippen LogP contribution >= 0.6 is 11.3 Å². The highest BCUT2D eigenvalue weighted by atomic mass is 32.1. The summed E-state index contributed by atoms with van der Waals surface area (Å²) in [5.41, 5.74) is 8.87. The zero-order chi connectivity index (χ0) is 13.9. The largest absolute Gasteiger partial charge is 0.480 e. The summed E-state index contributed by atoms with van der Waals surface area (Å²) in [5, 5.41) is 12.1. The summed E-state index contributed by atoms with van der Waals surface area (Å²) >= 11 is 1.59. The minimum absolute atomic E-state index is 0.233. The van der Waals surface area contributed by atoms with E-state index < -0.39 is 0 Å². The van der Waals surface area contributed by atoms with Crippen LogP contribution in [0.1, 0.15) is 0 Å². The van der Waals surface area contributed by atoms with Gasteiger partial charge in [0.25, 0.3) is 0 Å². The van der Waals surface area contributed by atoms with Gasteiger partial charge >= 0.3 is 0 Å². The summed E-state index contributed by atoms with van der Waals surface area (Å²) in [6, 6.07) is 5.54. The Bertz CT molecular complexity index is 712. The number of nitrogen functional groups attached to an aromatic ring is 1. The van der Waals surface area contributed by atoms with E-state index in [1.165, 1.54) is 0 Å². The number of methoxy groups -OCH3 is 1. The maximum absolute atomic E-state index is 5.68. The van der Waals surface area contributed by atoms with Gasteiger partial charge in [0, 0.05) is 28.8 Å². The van der Waals surface area contributed by atoms with Crippen LogP contribution in [-0.4, -0.2) is 27.3 Å². The first-order chi connectivity index (χ1) is 9.78. The van der Waals surface area contributed by atoms with Gasteiger partial charge in [-0.3, -0.25) is 0 Å². The Morgan fingerprint density at radius 3 is 2.75 bits per heavy atom. The summed E-state index contributed by atoms with van der Waals surface area (Å²) in [7, 11) is 1.55. The first-order valence-electron chi connectivity index (χ1n) is 5.81. The molecule has 0 amide bonds. The minimum Gasteiger partial charge on any atom is -0.480 e. The average Bonchev–Trinajstić information content (AvgIpc) is 3.01. The van der Waals surface area contributed by atoms with E-state index in [4.69, 9.17) is 10.5 Å². The van der Waals surface area contributed by atoms with E-state index in [1.807, 2.05) is 22.9 Å². The monoisotopic (exact) mass is 285 g/mol. The lowest BCUT2D eigenvalue weighted by atomic mass is 10.1. The third-order valence-electron chi connectivity index (χ3n) is 2.73. The minimum atomic E-state index is 0.233. The summed E-state index contributed by atoms with van der Waals surface area (Å²) in [6.07, 6.45) is 1.66. The molecule has 7 heteroatoms. The van der Waals surface area contributed by atoms with Crippen molar-refractivity contribution in [2.75, 3.05) is 12.8 Å². The fourth-order valence-electron chi connectivity index (χ4n) is 1.77. The van der Waals surface area contributed by atoms with Crippen molar-refractivity contribution in [3.05, 3.63) is 35.2 Å². The van der Waals surface area contributed by atoms with Gasteiger partial charge < -0.3 is 10.5 Å².